The largest absolute Gasteiger partial charge is 0.352 e. The summed E-state index contributed by atoms with van der Waals surface area (Å²) in [6, 6.07) is 16.3. The highest BCUT2D eigenvalue weighted by atomic mass is 35.5. The number of likely N-dealkylation sites (tertiary alicyclic amines) is 1. The van der Waals surface area contributed by atoms with Crippen LogP contribution >= 0.6 is 11.6 Å². The number of fused-ring (bicyclic) bond motifs is 3. The quantitative estimate of drug-likeness (QED) is 0.918. The number of rotatable bonds is 2. The van der Waals surface area contributed by atoms with E-state index in [9.17, 15) is 4.79 Å². The van der Waals surface area contributed by atoms with E-state index < -0.39 is 0 Å². The molecule has 4 heteroatoms. The highest BCUT2D eigenvalue weighted by molar-refractivity contribution is 6.31. The van der Waals surface area contributed by atoms with Crippen LogP contribution in [-0.2, 0) is 6.54 Å². The third kappa shape index (κ3) is 2.87. The minimum atomic E-state index is 0.00603. The Labute approximate surface area is 141 Å². The lowest BCUT2D eigenvalue weighted by molar-refractivity contribution is 0.0951. The predicted molar refractivity (Wildman–Crippen MR) is 91.7 cm³/mol. The van der Waals surface area contributed by atoms with Crippen LogP contribution in [0.4, 0.5) is 0 Å². The second-order valence-corrected chi connectivity index (χ2v) is 6.92. The van der Waals surface area contributed by atoms with Gasteiger partial charge in [-0.05, 0) is 29.2 Å². The van der Waals surface area contributed by atoms with Crippen molar-refractivity contribution in [2.24, 2.45) is 5.92 Å². The van der Waals surface area contributed by atoms with Crippen LogP contribution in [0.25, 0.3) is 0 Å². The molecule has 0 aromatic heterocycles. The molecule has 2 heterocycles. The Morgan fingerprint density at radius 2 is 1.96 bits per heavy atom. The lowest BCUT2D eigenvalue weighted by atomic mass is 9.87. The highest BCUT2D eigenvalue weighted by Gasteiger charge is 2.37. The van der Waals surface area contributed by atoms with Crippen molar-refractivity contribution in [3.8, 4) is 0 Å². The van der Waals surface area contributed by atoms with E-state index in [2.05, 4.69) is 34.5 Å². The van der Waals surface area contributed by atoms with Crippen molar-refractivity contribution in [1.82, 2.24) is 10.2 Å². The Bertz CT molecular complexity index is 731. The van der Waals surface area contributed by atoms with E-state index in [0.29, 0.717) is 16.9 Å². The van der Waals surface area contributed by atoms with Crippen LogP contribution in [0.2, 0.25) is 5.02 Å². The number of nitrogens with zero attached hydrogens (tertiary/aromatic N) is 1. The average molecular weight is 327 g/mol. The van der Waals surface area contributed by atoms with Gasteiger partial charge in [-0.3, -0.25) is 9.69 Å². The summed E-state index contributed by atoms with van der Waals surface area (Å²) in [6.07, 6.45) is 0. The molecule has 0 aliphatic carbocycles. The maximum atomic E-state index is 12.3. The number of nitrogens with one attached hydrogen (secondary N) is 1. The topological polar surface area (TPSA) is 32.3 Å². The Morgan fingerprint density at radius 1 is 1.13 bits per heavy atom. The maximum absolute atomic E-state index is 12.3. The van der Waals surface area contributed by atoms with Crippen molar-refractivity contribution < 1.29 is 4.79 Å². The summed E-state index contributed by atoms with van der Waals surface area (Å²) in [7, 11) is 0. The number of carbonyl (C=O) groups excluding carboxylic acids is 1. The number of hydrogen-bond donors (Lipinski definition) is 1. The molecule has 2 aliphatic rings. The molecule has 2 aromatic rings. The molecule has 0 bridgehead atoms. The standard InChI is InChI=1S/C19H19ClN2O/c20-15-6-7-16-17(8-15)19(23)21-9-14-11-22(12-18(14)16)10-13-4-2-1-3-5-13/h1-8,14,18H,9-12H2,(H,21,23)/t14-,18?/m0/s1. The van der Waals surface area contributed by atoms with Crippen LogP contribution in [0, 0.1) is 5.92 Å². The van der Waals surface area contributed by atoms with Crippen molar-refractivity contribution >= 4 is 17.5 Å². The molecule has 2 atom stereocenters. The Morgan fingerprint density at radius 3 is 2.78 bits per heavy atom. The lowest BCUT2D eigenvalue weighted by Crippen LogP contribution is -2.29. The van der Waals surface area contributed by atoms with E-state index >= 15 is 0 Å². The molecule has 4 rings (SSSR count). The van der Waals surface area contributed by atoms with Gasteiger partial charge < -0.3 is 5.32 Å². The molecule has 118 valence electrons. The van der Waals surface area contributed by atoms with Crippen molar-refractivity contribution in [1.29, 1.82) is 0 Å². The van der Waals surface area contributed by atoms with Crippen LogP contribution in [-0.4, -0.2) is 30.4 Å². The molecule has 1 unspecified atom stereocenters. The summed E-state index contributed by atoms with van der Waals surface area (Å²) >= 11 is 6.08. The van der Waals surface area contributed by atoms with E-state index in [1.165, 1.54) is 5.56 Å². The summed E-state index contributed by atoms with van der Waals surface area (Å²) < 4.78 is 0. The highest BCUT2D eigenvalue weighted by Crippen LogP contribution is 2.37. The first-order valence-corrected chi connectivity index (χ1v) is 8.42. The smallest absolute Gasteiger partial charge is 0.251 e. The Kier molecular flexibility index (Phi) is 3.83. The minimum Gasteiger partial charge on any atom is -0.352 e. The van der Waals surface area contributed by atoms with Gasteiger partial charge in [-0.15, -0.1) is 0 Å². The SMILES string of the molecule is O=C1NC[C@H]2CN(Cc3ccccc3)CC2c2ccc(Cl)cc21. The van der Waals surface area contributed by atoms with Crippen LogP contribution in [0.5, 0.6) is 0 Å². The van der Waals surface area contributed by atoms with Gasteiger partial charge in [-0.2, -0.15) is 0 Å². The van der Waals surface area contributed by atoms with Crippen LogP contribution in [0.3, 0.4) is 0 Å². The van der Waals surface area contributed by atoms with E-state index in [0.717, 1.165) is 37.3 Å². The number of carbonyl (C=O) groups is 1. The van der Waals surface area contributed by atoms with Gasteiger partial charge in [0.25, 0.3) is 5.91 Å². The number of benzene rings is 2. The third-order valence-corrected chi connectivity index (χ3v) is 5.18. The van der Waals surface area contributed by atoms with Crippen molar-refractivity contribution in [3.63, 3.8) is 0 Å². The molecule has 0 spiro atoms. The summed E-state index contributed by atoms with van der Waals surface area (Å²) in [5.74, 6) is 0.863. The molecule has 1 fully saturated rings. The summed E-state index contributed by atoms with van der Waals surface area (Å²) in [6.45, 7) is 3.71. The molecular weight excluding hydrogens is 308 g/mol. The summed E-state index contributed by atoms with van der Waals surface area (Å²) in [5.41, 5.74) is 3.22. The van der Waals surface area contributed by atoms with Gasteiger partial charge in [0.1, 0.15) is 0 Å². The van der Waals surface area contributed by atoms with Gasteiger partial charge in [0, 0.05) is 42.7 Å². The maximum Gasteiger partial charge on any atom is 0.251 e. The molecule has 23 heavy (non-hydrogen) atoms. The Balaban J connectivity index is 1.60. The molecular formula is C19H19ClN2O. The molecule has 1 saturated heterocycles. The van der Waals surface area contributed by atoms with Gasteiger partial charge in [-0.1, -0.05) is 48.0 Å². The van der Waals surface area contributed by atoms with Crippen LogP contribution < -0.4 is 5.32 Å². The first-order chi connectivity index (χ1) is 11.2. The zero-order valence-electron chi connectivity index (χ0n) is 12.8. The third-order valence-electron chi connectivity index (χ3n) is 4.95. The fraction of sp³-hybridized carbons (Fsp3) is 0.316. The van der Waals surface area contributed by atoms with E-state index in [4.69, 9.17) is 11.6 Å². The summed E-state index contributed by atoms with van der Waals surface area (Å²) in [5, 5.41) is 3.68. The Hall–Kier alpha value is -1.84. The van der Waals surface area contributed by atoms with Crippen molar-refractivity contribution in [2.45, 2.75) is 12.5 Å². The average Bonchev–Trinajstić information content (AvgIpc) is 2.91. The van der Waals surface area contributed by atoms with Gasteiger partial charge >= 0.3 is 0 Å². The normalized spacial score (nSPS) is 23.8. The second kappa shape index (κ2) is 5.99. The zero-order valence-corrected chi connectivity index (χ0v) is 13.6. The van der Waals surface area contributed by atoms with E-state index in [-0.39, 0.29) is 5.91 Å². The minimum absolute atomic E-state index is 0.00603. The van der Waals surface area contributed by atoms with E-state index in [1.807, 2.05) is 18.2 Å². The predicted octanol–water partition coefficient (Wildman–Crippen LogP) is 3.30. The molecule has 2 aliphatic heterocycles. The molecule has 1 N–H and O–H groups in total. The number of hydrogen-bond acceptors (Lipinski definition) is 2. The molecule has 2 aromatic carbocycles. The van der Waals surface area contributed by atoms with Gasteiger partial charge in [0.05, 0.1) is 0 Å². The fourth-order valence-corrected chi connectivity index (χ4v) is 4.03. The molecule has 3 nitrogen and oxygen atoms in total. The van der Waals surface area contributed by atoms with Gasteiger partial charge in [-0.25, -0.2) is 0 Å². The second-order valence-electron chi connectivity index (χ2n) is 6.49. The lowest BCUT2D eigenvalue weighted by Gasteiger charge is -2.17. The number of halogens is 1. The molecule has 0 radical (unpaired) electrons. The zero-order chi connectivity index (χ0) is 15.8. The monoisotopic (exact) mass is 326 g/mol. The molecule has 1 amide bonds. The van der Waals surface area contributed by atoms with Crippen LogP contribution in [0.1, 0.15) is 27.4 Å². The molecule has 0 saturated carbocycles. The first-order valence-electron chi connectivity index (χ1n) is 8.04. The summed E-state index contributed by atoms with van der Waals surface area (Å²) in [4.78, 5) is 14.8. The number of amides is 1. The first kappa shape index (κ1) is 14.7. The van der Waals surface area contributed by atoms with Crippen LogP contribution in [0.15, 0.2) is 48.5 Å². The fourth-order valence-electron chi connectivity index (χ4n) is 3.86. The van der Waals surface area contributed by atoms with Crippen molar-refractivity contribution in [2.75, 3.05) is 19.6 Å². The van der Waals surface area contributed by atoms with Crippen molar-refractivity contribution in [3.05, 3.63) is 70.2 Å². The van der Waals surface area contributed by atoms with E-state index in [1.54, 1.807) is 6.07 Å². The van der Waals surface area contributed by atoms with Gasteiger partial charge in [0.2, 0.25) is 0 Å². The van der Waals surface area contributed by atoms with Gasteiger partial charge in [0.15, 0.2) is 0 Å².